The van der Waals surface area contributed by atoms with Crippen molar-refractivity contribution in [2.24, 2.45) is 4.99 Å². The number of aromatic nitrogens is 2. The zero-order valence-corrected chi connectivity index (χ0v) is 16.6. The maximum Gasteiger partial charge on any atom is 0.191 e. The Morgan fingerprint density at radius 2 is 1.68 bits per heavy atom. The van der Waals surface area contributed by atoms with E-state index < -0.39 is 0 Å². The Labute approximate surface area is 166 Å². The number of ether oxygens (including phenoxy) is 1. The lowest BCUT2D eigenvalue weighted by Crippen LogP contribution is -2.39. The monoisotopic (exact) mass is 377 g/mol. The minimum absolute atomic E-state index is 0.564. The van der Waals surface area contributed by atoms with Gasteiger partial charge in [-0.15, -0.1) is 0 Å². The Hall–Kier alpha value is -3.28. The van der Waals surface area contributed by atoms with E-state index in [-0.39, 0.29) is 0 Å². The summed E-state index contributed by atoms with van der Waals surface area (Å²) in [6, 6.07) is 20.0. The molecule has 1 aromatic heterocycles. The zero-order chi connectivity index (χ0) is 19.8. The first-order valence-electron chi connectivity index (χ1n) is 9.42. The van der Waals surface area contributed by atoms with Gasteiger partial charge in [-0.25, -0.2) is 4.68 Å². The molecular weight excluding hydrogens is 350 g/mol. The van der Waals surface area contributed by atoms with Gasteiger partial charge in [0.15, 0.2) is 5.96 Å². The molecule has 6 nitrogen and oxygen atoms in total. The summed E-state index contributed by atoms with van der Waals surface area (Å²) in [7, 11) is 1.76. The van der Waals surface area contributed by atoms with Crippen molar-refractivity contribution < 1.29 is 4.74 Å². The van der Waals surface area contributed by atoms with Gasteiger partial charge >= 0.3 is 0 Å². The largest absolute Gasteiger partial charge is 0.492 e. The number of para-hydroxylation sites is 2. The van der Waals surface area contributed by atoms with Gasteiger partial charge in [-0.2, -0.15) is 5.10 Å². The fourth-order valence-corrected chi connectivity index (χ4v) is 3.00. The number of hydrogen-bond acceptors (Lipinski definition) is 3. The molecule has 146 valence electrons. The van der Waals surface area contributed by atoms with Crippen molar-refractivity contribution in [1.82, 2.24) is 20.4 Å². The van der Waals surface area contributed by atoms with Crippen LogP contribution < -0.4 is 15.4 Å². The van der Waals surface area contributed by atoms with E-state index in [1.807, 2.05) is 60.1 Å². The third-order valence-corrected chi connectivity index (χ3v) is 4.50. The van der Waals surface area contributed by atoms with Crippen LogP contribution in [-0.2, 0) is 6.54 Å². The predicted octanol–water partition coefficient (Wildman–Crippen LogP) is 3.23. The molecular formula is C22H27N5O. The summed E-state index contributed by atoms with van der Waals surface area (Å²) >= 11 is 0. The van der Waals surface area contributed by atoms with Crippen LogP contribution in [0.2, 0.25) is 0 Å². The smallest absolute Gasteiger partial charge is 0.191 e. The standard InChI is InChI=1S/C22H27N5O/c1-17-21(18(2)27(26-17)19-10-6-4-7-11-19)16-25-22(23-3)24-14-15-28-20-12-8-5-9-13-20/h4-13H,14-16H2,1-3H3,(H2,23,24,25). The maximum atomic E-state index is 5.70. The normalized spacial score (nSPS) is 11.3. The van der Waals surface area contributed by atoms with Crippen LogP contribution in [0.5, 0.6) is 5.75 Å². The van der Waals surface area contributed by atoms with Crippen LogP contribution >= 0.6 is 0 Å². The van der Waals surface area contributed by atoms with Crippen LogP contribution in [0.3, 0.4) is 0 Å². The Bertz CT molecular complexity index is 903. The van der Waals surface area contributed by atoms with Crippen molar-refractivity contribution >= 4 is 5.96 Å². The SMILES string of the molecule is CN=C(NCCOc1ccccc1)NCc1c(C)nn(-c2ccccc2)c1C. The second-order valence-electron chi connectivity index (χ2n) is 6.41. The molecule has 0 spiro atoms. The van der Waals surface area contributed by atoms with Gasteiger partial charge in [0.05, 0.1) is 17.9 Å². The summed E-state index contributed by atoms with van der Waals surface area (Å²) in [6.07, 6.45) is 0. The molecule has 2 N–H and O–H groups in total. The van der Waals surface area contributed by atoms with Gasteiger partial charge in [0.2, 0.25) is 0 Å². The minimum atomic E-state index is 0.564. The van der Waals surface area contributed by atoms with Crippen LogP contribution in [0, 0.1) is 13.8 Å². The second-order valence-corrected chi connectivity index (χ2v) is 6.41. The fraction of sp³-hybridized carbons (Fsp3) is 0.273. The summed E-state index contributed by atoms with van der Waals surface area (Å²) in [5.74, 6) is 1.61. The maximum absolute atomic E-state index is 5.70. The average molecular weight is 377 g/mol. The van der Waals surface area contributed by atoms with Gasteiger partial charge < -0.3 is 15.4 Å². The molecule has 0 amide bonds. The second kappa shape index (κ2) is 9.60. The molecule has 6 heteroatoms. The summed E-state index contributed by atoms with van der Waals surface area (Å²) < 4.78 is 7.68. The number of aliphatic imine (C=N–C) groups is 1. The lowest BCUT2D eigenvalue weighted by molar-refractivity contribution is 0.322. The van der Waals surface area contributed by atoms with E-state index >= 15 is 0 Å². The lowest BCUT2D eigenvalue weighted by Gasteiger charge is -2.13. The van der Waals surface area contributed by atoms with Crippen molar-refractivity contribution in [3.05, 3.63) is 77.6 Å². The third kappa shape index (κ3) is 4.91. The van der Waals surface area contributed by atoms with E-state index in [2.05, 4.69) is 39.8 Å². The fourth-order valence-electron chi connectivity index (χ4n) is 3.00. The lowest BCUT2D eigenvalue weighted by atomic mass is 10.2. The molecule has 0 unspecified atom stereocenters. The van der Waals surface area contributed by atoms with Crippen molar-refractivity contribution in [2.75, 3.05) is 20.2 Å². The van der Waals surface area contributed by atoms with E-state index in [0.717, 1.165) is 28.8 Å². The molecule has 0 aliphatic heterocycles. The Morgan fingerprint density at radius 1 is 1.00 bits per heavy atom. The topological polar surface area (TPSA) is 63.5 Å². The van der Waals surface area contributed by atoms with Crippen molar-refractivity contribution in [2.45, 2.75) is 20.4 Å². The van der Waals surface area contributed by atoms with E-state index in [1.165, 1.54) is 5.56 Å². The summed E-state index contributed by atoms with van der Waals surface area (Å²) in [4.78, 5) is 4.28. The highest BCUT2D eigenvalue weighted by Crippen LogP contribution is 2.17. The number of hydrogen-bond donors (Lipinski definition) is 2. The molecule has 0 saturated carbocycles. The summed E-state index contributed by atoms with van der Waals surface area (Å²) in [5.41, 5.74) is 4.37. The van der Waals surface area contributed by atoms with Crippen LogP contribution in [0.15, 0.2) is 65.7 Å². The quantitative estimate of drug-likeness (QED) is 0.377. The van der Waals surface area contributed by atoms with E-state index in [1.54, 1.807) is 7.05 Å². The van der Waals surface area contributed by atoms with Crippen LogP contribution in [0.4, 0.5) is 0 Å². The number of aryl methyl sites for hydroxylation is 1. The first-order valence-corrected chi connectivity index (χ1v) is 9.42. The molecule has 0 fully saturated rings. The third-order valence-electron chi connectivity index (χ3n) is 4.50. The number of rotatable bonds is 7. The molecule has 0 radical (unpaired) electrons. The molecule has 0 aliphatic rings. The van der Waals surface area contributed by atoms with Gasteiger partial charge in [-0.05, 0) is 38.1 Å². The minimum Gasteiger partial charge on any atom is -0.492 e. The predicted molar refractivity (Wildman–Crippen MR) is 113 cm³/mol. The molecule has 3 rings (SSSR count). The molecule has 0 bridgehead atoms. The molecule has 0 saturated heterocycles. The van der Waals surface area contributed by atoms with E-state index in [9.17, 15) is 0 Å². The molecule has 0 atom stereocenters. The van der Waals surface area contributed by atoms with Gasteiger partial charge in [0.25, 0.3) is 0 Å². The number of nitrogens with zero attached hydrogens (tertiary/aromatic N) is 3. The van der Waals surface area contributed by atoms with E-state index in [4.69, 9.17) is 4.74 Å². The van der Waals surface area contributed by atoms with E-state index in [0.29, 0.717) is 19.7 Å². The molecule has 2 aromatic carbocycles. The highest BCUT2D eigenvalue weighted by atomic mass is 16.5. The zero-order valence-electron chi connectivity index (χ0n) is 16.6. The molecule has 0 aliphatic carbocycles. The van der Waals surface area contributed by atoms with Crippen molar-refractivity contribution in [1.29, 1.82) is 0 Å². The van der Waals surface area contributed by atoms with Crippen LogP contribution in [0.1, 0.15) is 17.0 Å². The van der Waals surface area contributed by atoms with Gasteiger partial charge in [-0.3, -0.25) is 4.99 Å². The Kier molecular flexibility index (Phi) is 6.68. The first kappa shape index (κ1) is 19.5. The van der Waals surface area contributed by atoms with Gasteiger partial charge in [-0.1, -0.05) is 36.4 Å². The molecule has 1 heterocycles. The highest BCUT2D eigenvalue weighted by Gasteiger charge is 2.13. The molecule has 3 aromatic rings. The van der Waals surface area contributed by atoms with Crippen LogP contribution in [0.25, 0.3) is 5.69 Å². The van der Waals surface area contributed by atoms with Crippen molar-refractivity contribution in [3.63, 3.8) is 0 Å². The first-order chi connectivity index (χ1) is 13.7. The number of nitrogens with one attached hydrogen (secondary N) is 2. The average Bonchev–Trinajstić information content (AvgIpc) is 3.02. The highest BCUT2D eigenvalue weighted by molar-refractivity contribution is 5.79. The Balaban J connectivity index is 1.53. The summed E-state index contributed by atoms with van der Waals surface area (Å²) in [6.45, 7) is 6.01. The van der Waals surface area contributed by atoms with Crippen molar-refractivity contribution in [3.8, 4) is 11.4 Å². The Morgan fingerprint density at radius 3 is 2.36 bits per heavy atom. The van der Waals surface area contributed by atoms with Gasteiger partial charge in [0.1, 0.15) is 12.4 Å². The summed E-state index contributed by atoms with van der Waals surface area (Å²) in [5, 5.41) is 11.3. The van der Waals surface area contributed by atoms with Crippen LogP contribution in [-0.4, -0.2) is 35.9 Å². The number of guanidine groups is 1. The molecule has 28 heavy (non-hydrogen) atoms. The number of benzene rings is 2. The van der Waals surface area contributed by atoms with Gasteiger partial charge in [0, 0.05) is 24.8 Å².